The number of nitrogens with one attached hydrogen (secondary N) is 1. The SMILES string of the molecule is Cl.NC1CCC(CN2C(=O)c3ccc(Cl)cc3NC(=O)[C@H]2Cc2ccccn2)CC1. The number of anilines is 1. The number of hydrogen-bond donors (Lipinski definition) is 2. The molecule has 2 aliphatic rings. The number of nitrogens with zero attached hydrogens (tertiary/aromatic N) is 2. The van der Waals surface area contributed by atoms with E-state index in [2.05, 4.69) is 10.3 Å². The largest absolute Gasteiger partial charge is 0.328 e. The Balaban J connectivity index is 0.00000256. The van der Waals surface area contributed by atoms with E-state index in [0.717, 1.165) is 31.4 Å². The van der Waals surface area contributed by atoms with Gasteiger partial charge in [0.05, 0.1) is 11.3 Å². The highest BCUT2D eigenvalue weighted by atomic mass is 35.5. The van der Waals surface area contributed by atoms with Crippen LogP contribution in [0, 0.1) is 5.92 Å². The summed E-state index contributed by atoms with van der Waals surface area (Å²) in [5.74, 6) is -0.0185. The molecule has 0 unspecified atom stereocenters. The Kier molecular flexibility index (Phi) is 7.34. The van der Waals surface area contributed by atoms with Gasteiger partial charge in [-0.25, -0.2) is 0 Å². The van der Waals surface area contributed by atoms with Crippen LogP contribution < -0.4 is 11.1 Å². The number of pyridine rings is 1. The minimum absolute atomic E-state index is 0. The lowest BCUT2D eigenvalue weighted by Gasteiger charge is -2.34. The zero-order valence-corrected chi connectivity index (χ0v) is 18.2. The van der Waals surface area contributed by atoms with Gasteiger partial charge in [0.2, 0.25) is 5.91 Å². The van der Waals surface area contributed by atoms with Crippen molar-refractivity contribution in [3.63, 3.8) is 0 Å². The van der Waals surface area contributed by atoms with Gasteiger partial charge in [0, 0.05) is 35.9 Å². The van der Waals surface area contributed by atoms with Crippen LogP contribution in [0.25, 0.3) is 0 Å². The first-order valence-corrected chi connectivity index (χ1v) is 10.5. The standard InChI is InChI=1S/C22H25ClN4O2.ClH/c23-15-6-9-18-19(11-15)26-21(28)20(12-17-3-1-2-10-25-17)27(22(18)29)13-14-4-7-16(24)8-5-14;/h1-3,6,9-11,14,16,20H,4-5,7-8,12-13,24H2,(H,26,28);1H/t14?,16?,20-;/m1./s1. The number of rotatable bonds is 4. The monoisotopic (exact) mass is 448 g/mol. The summed E-state index contributed by atoms with van der Waals surface area (Å²) in [5.41, 5.74) is 7.76. The summed E-state index contributed by atoms with van der Waals surface area (Å²) in [6.07, 6.45) is 5.91. The highest BCUT2D eigenvalue weighted by molar-refractivity contribution is 6.31. The van der Waals surface area contributed by atoms with Crippen LogP contribution in [-0.2, 0) is 11.2 Å². The van der Waals surface area contributed by atoms with Crippen molar-refractivity contribution in [2.24, 2.45) is 11.7 Å². The summed E-state index contributed by atoms with van der Waals surface area (Å²) in [5, 5.41) is 3.38. The molecule has 0 bridgehead atoms. The second-order valence-electron chi connectivity index (χ2n) is 7.96. The molecule has 1 aromatic heterocycles. The number of fused-ring (bicyclic) bond motifs is 1. The average molecular weight is 449 g/mol. The third-order valence-electron chi connectivity index (χ3n) is 5.88. The fourth-order valence-electron chi connectivity index (χ4n) is 4.24. The van der Waals surface area contributed by atoms with Crippen LogP contribution >= 0.6 is 24.0 Å². The summed E-state index contributed by atoms with van der Waals surface area (Å²) >= 11 is 6.10. The van der Waals surface area contributed by atoms with E-state index in [1.165, 1.54) is 0 Å². The number of carbonyl (C=O) groups excluding carboxylic acids is 2. The molecule has 0 spiro atoms. The molecule has 6 nitrogen and oxygen atoms in total. The molecule has 2 heterocycles. The Morgan fingerprint density at radius 2 is 1.90 bits per heavy atom. The Bertz CT molecular complexity index is 901. The molecule has 2 aromatic rings. The summed E-state index contributed by atoms with van der Waals surface area (Å²) in [6, 6.07) is 10.2. The summed E-state index contributed by atoms with van der Waals surface area (Å²) in [6.45, 7) is 0.540. The number of halogens is 2. The quantitative estimate of drug-likeness (QED) is 0.746. The van der Waals surface area contributed by atoms with Gasteiger partial charge in [0.25, 0.3) is 5.91 Å². The molecule has 30 heavy (non-hydrogen) atoms. The first-order chi connectivity index (χ1) is 14.0. The number of amides is 2. The van der Waals surface area contributed by atoms with Gasteiger partial charge in [-0.15, -0.1) is 12.4 Å². The maximum atomic E-state index is 13.5. The van der Waals surface area contributed by atoms with Crippen LogP contribution in [0.1, 0.15) is 41.7 Å². The van der Waals surface area contributed by atoms with Crippen molar-refractivity contribution >= 4 is 41.5 Å². The van der Waals surface area contributed by atoms with Gasteiger partial charge in [-0.3, -0.25) is 14.6 Å². The number of carbonyl (C=O) groups is 2. The first-order valence-electron chi connectivity index (χ1n) is 10.1. The van der Waals surface area contributed by atoms with E-state index < -0.39 is 6.04 Å². The van der Waals surface area contributed by atoms with Gasteiger partial charge < -0.3 is 16.0 Å². The van der Waals surface area contributed by atoms with E-state index >= 15 is 0 Å². The van der Waals surface area contributed by atoms with E-state index in [0.29, 0.717) is 35.2 Å². The summed E-state index contributed by atoms with van der Waals surface area (Å²) in [4.78, 5) is 32.7. The Morgan fingerprint density at radius 1 is 1.13 bits per heavy atom. The van der Waals surface area contributed by atoms with Crippen LogP contribution in [0.2, 0.25) is 5.02 Å². The van der Waals surface area contributed by atoms with E-state index in [-0.39, 0.29) is 30.3 Å². The molecule has 1 fully saturated rings. The van der Waals surface area contributed by atoms with Crippen molar-refractivity contribution in [3.8, 4) is 0 Å². The van der Waals surface area contributed by atoms with Crippen LogP contribution in [0.4, 0.5) is 5.69 Å². The predicted octanol–water partition coefficient (Wildman–Crippen LogP) is 3.68. The average Bonchev–Trinajstić information content (AvgIpc) is 2.80. The van der Waals surface area contributed by atoms with Crippen LogP contribution in [0.3, 0.4) is 0 Å². The summed E-state index contributed by atoms with van der Waals surface area (Å²) in [7, 11) is 0. The third kappa shape index (κ3) is 4.94. The molecule has 1 saturated carbocycles. The molecule has 1 aliphatic carbocycles. The fraction of sp³-hybridized carbons (Fsp3) is 0.409. The van der Waals surface area contributed by atoms with Gasteiger partial charge in [-0.1, -0.05) is 17.7 Å². The molecule has 8 heteroatoms. The third-order valence-corrected chi connectivity index (χ3v) is 6.12. The molecule has 160 valence electrons. The zero-order chi connectivity index (χ0) is 20.4. The highest BCUT2D eigenvalue weighted by Gasteiger charge is 2.37. The van der Waals surface area contributed by atoms with E-state index in [4.69, 9.17) is 17.3 Å². The minimum Gasteiger partial charge on any atom is -0.328 e. The van der Waals surface area contributed by atoms with Gasteiger partial charge in [0.1, 0.15) is 6.04 Å². The van der Waals surface area contributed by atoms with Crippen LogP contribution in [0.5, 0.6) is 0 Å². The predicted molar refractivity (Wildman–Crippen MR) is 120 cm³/mol. The number of benzene rings is 1. The number of aromatic nitrogens is 1. The molecule has 3 N–H and O–H groups in total. The number of nitrogens with two attached hydrogens (primary N) is 1. The van der Waals surface area contributed by atoms with Gasteiger partial charge in [-0.05, 0) is 61.9 Å². The highest BCUT2D eigenvalue weighted by Crippen LogP contribution is 2.30. The lowest BCUT2D eigenvalue weighted by Crippen LogP contribution is -2.49. The maximum Gasteiger partial charge on any atom is 0.256 e. The first kappa shape index (κ1) is 22.5. The Labute approximate surface area is 187 Å². The molecule has 1 atom stereocenters. The Hall–Kier alpha value is -2.15. The smallest absolute Gasteiger partial charge is 0.256 e. The molecule has 0 radical (unpaired) electrons. The lowest BCUT2D eigenvalue weighted by molar-refractivity contribution is -0.120. The minimum atomic E-state index is -0.626. The van der Waals surface area contributed by atoms with Gasteiger partial charge in [0.15, 0.2) is 0 Å². The summed E-state index contributed by atoms with van der Waals surface area (Å²) < 4.78 is 0. The van der Waals surface area contributed by atoms with Gasteiger partial charge in [-0.2, -0.15) is 0 Å². The van der Waals surface area contributed by atoms with Crippen molar-refractivity contribution in [1.82, 2.24) is 9.88 Å². The van der Waals surface area contributed by atoms with Crippen molar-refractivity contribution in [2.75, 3.05) is 11.9 Å². The topological polar surface area (TPSA) is 88.3 Å². The van der Waals surface area contributed by atoms with E-state index in [1.807, 2.05) is 18.2 Å². The van der Waals surface area contributed by atoms with Crippen LogP contribution in [0.15, 0.2) is 42.6 Å². The maximum absolute atomic E-state index is 13.5. The molecule has 1 aliphatic heterocycles. The van der Waals surface area contributed by atoms with Crippen molar-refractivity contribution in [3.05, 3.63) is 58.9 Å². The van der Waals surface area contributed by atoms with Crippen molar-refractivity contribution in [1.29, 1.82) is 0 Å². The van der Waals surface area contributed by atoms with Crippen LogP contribution in [-0.4, -0.2) is 40.3 Å². The second kappa shape index (κ2) is 9.77. The molecule has 0 saturated heterocycles. The molecule has 2 amide bonds. The second-order valence-corrected chi connectivity index (χ2v) is 8.39. The fourth-order valence-corrected chi connectivity index (χ4v) is 4.41. The zero-order valence-electron chi connectivity index (χ0n) is 16.6. The Morgan fingerprint density at radius 3 is 2.60 bits per heavy atom. The van der Waals surface area contributed by atoms with E-state index in [9.17, 15) is 9.59 Å². The molecule has 1 aromatic carbocycles. The molecular weight excluding hydrogens is 423 g/mol. The normalized spacial score (nSPS) is 23.8. The number of hydrogen-bond acceptors (Lipinski definition) is 4. The van der Waals surface area contributed by atoms with Gasteiger partial charge >= 0.3 is 0 Å². The van der Waals surface area contributed by atoms with Crippen molar-refractivity contribution in [2.45, 2.75) is 44.2 Å². The molecule has 4 rings (SSSR count). The molecular formula is C22H26Cl2N4O2. The van der Waals surface area contributed by atoms with E-state index in [1.54, 1.807) is 29.3 Å². The lowest BCUT2D eigenvalue weighted by atomic mass is 9.85. The van der Waals surface area contributed by atoms with Crippen molar-refractivity contribution < 1.29 is 9.59 Å².